The highest BCUT2D eigenvalue weighted by molar-refractivity contribution is 7.84. The Morgan fingerprint density at radius 1 is 1.47 bits per heavy atom. The highest BCUT2D eigenvalue weighted by atomic mass is 32.2. The van der Waals surface area contributed by atoms with Crippen LogP contribution in [0.2, 0.25) is 0 Å². The summed E-state index contributed by atoms with van der Waals surface area (Å²) in [5.41, 5.74) is -0.216. The summed E-state index contributed by atoms with van der Waals surface area (Å²) >= 11 is 0. The lowest BCUT2D eigenvalue weighted by Crippen LogP contribution is -2.35. The lowest BCUT2D eigenvalue weighted by Gasteiger charge is -2.22. The third kappa shape index (κ3) is 12.0. The Kier molecular flexibility index (Phi) is 7.34. The molecular formula is C10H23NO3S. The second kappa shape index (κ2) is 7.33. The minimum absolute atomic E-state index is 0.216. The summed E-state index contributed by atoms with van der Waals surface area (Å²) in [6.07, 6.45) is 1.16. The van der Waals surface area contributed by atoms with Gasteiger partial charge in [0.1, 0.15) is 0 Å². The Labute approximate surface area is 94.9 Å². The Hall–Kier alpha value is 0.0300. The zero-order chi connectivity index (χ0) is 11.9. The third-order valence-electron chi connectivity index (χ3n) is 1.65. The molecule has 0 fully saturated rings. The smallest absolute Gasteiger partial charge is 0.0897 e. The zero-order valence-electron chi connectivity index (χ0n) is 10.1. The molecule has 0 aliphatic rings. The molecule has 2 N–H and O–H groups in total. The number of hydrogen-bond donors (Lipinski definition) is 2. The lowest BCUT2D eigenvalue weighted by molar-refractivity contribution is -0.0477. The van der Waals surface area contributed by atoms with Crippen molar-refractivity contribution >= 4 is 10.8 Å². The monoisotopic (exact) mass is 237 g/mol. The third-order valence-corrected chi connectivity index (χ3v) is 2.43. The van der Waals surface area contributed by atoms with Crippen LogP contribution >= 0.6 is 0 Å². The van der Waals surface area contributed by atoms with Crippen LogP contribution in [-0.2, 0) is 15.5 Å². The van der Waals surface area contributed by atoms with Gasteiger partial charge in [-0.1, -0.05) is 0 Å². The van der Waals surface area contributed by atoms with Crippen molar-refractivity contribution in [3.8, 4) is 0 Å². The van der Waals surface area contributed by atoms with E-state index in [2.05, 4.69) is 5.32 Å². The van der Waals surface area contributed by atoms with Crippen molar-refractivity contribution in [3.63, 3.8) is 0 Å². The maximum atomic E-state index is 10.7. The molecule has 2 atom stereocenters. The number of ether oxygens (including phenoxy) is 1. The summed E-state index contributed by atoms with van der Waals surface area (Å²) in [5.74, 6) is 0.618. The van der Waals surface area contributed by atoms with Crippen LogP contribution in [0, 0.1) is 0 Å². The molecule has 0 aliphatic carbocycles. The quantitative estimate of drug-likeness (QED) is 0.618. The number of hydrogen-bond acceptors (Lipinski definition) is 4. The molecule has 0 heterocycles. The number of aliphatic hydroxyl groups is 1. The Bertz CT molecular complexity index is 192. The molecule has 0 saturated heterocycles. The van der Waals surface area contributed by atoms with E-state index in [0.29, 0.717) is 25.4 Å². The standard InChI is InChI=1S/C10H23NO3S/c1-10(2,3)14-8-9(12)7-11-5-6-15(4)13/h9,11-12H,5-8H2,1-4H3. The molecule has 5 heteroatoms. The fraction of sp³-hybridized carbons (Fsp3) is 1.00. The molecule has 0 aromatic carbocycles. The molecule has 15 heavy (non-hydrogen) atoms. The number of nitrogens with one attached hydrogen (secondary N) is 1. The maximum absolute atomic E-state index is 10.7. The first-order valence-corrected chi connectivity index (χ1v) is 6.87. The van der Waals surface area contributed by atoms with Gasteiger partial charge in [0.05, 0.1) is 18.3 Å². The van der Waals surface area contributed by atoms with Gasteiger partial charge >= 0.3 is 0 Å². The highest BCUT2D eigenvalue weighted by Crippen LogP contribution is 2.06. The van der Waals surface area contributed by atoms with E-state index in [-0.39, 0.29) is 5.60 Å². The van der Waals surface area contributed by atoms with Crippen LogP contribution in [0.3, 0.4) is 0 Å². The van der Waals surface area contributed by atoms with E-state index in [1.165, 1.54) is 0 Å². The van der Waals surface area contributed by atoms with Crippen molar-refractivity contribution in [2.45, 2.75) is 32.5 Å². The molecule has 0 radical (unpaired) electrons. The molecule has 0 aliphatic heterocycles. The summed E-state index contributed by atoms with van der Waals surface area (Å²) in [6, 6.07) is 0. The summed E-state index contributed by atoms with van der Waals surface area (Å²) in [7, 11) is -0.773. The molecule has 0 bridgehead atoms. The van der Waals surface area contributed by atoms with E-state index < -0.39 is 16.9 Å². The van der Waals surface area contributed by atoms with Crippen LogP contribution in [0.4, 0.5) is 0 Å². The first-order valence-electron chi connectivity index (χ1n) is 5.14. The summed E-state index contributed by atoms with van der Waals surface area (Å²) in [4.78, 5) is 0. The molecule has 2 unspecified atom stereocenters. The van der Waals surface area contributed by atoms with Gasteiger partial charge in [-0.25, -0.2) is 0 Å². The van der Waals surface area contributed by atoms with Gasteiger partial charge < -0.3 is 15.2 Å². The normalized spacial score (nSPS) is 16.3. The van der Waals surface area contributed by atoms with Gasteiger partial charge in [0.25, 0.3) is 0 Å². The SMILES string of the molecule is CS(=O)CCNCC(O)COC(C)(C)C. The van der Waals surface area contributed by atoms with Crippen molar-refractivity contribution in [2.24, 2.45) is 0 Å². The minimum atomic E-state index is -0.773. The van der Waals surface area contributed by atoms with E-state index in [4.69, 9.17) is 4.74 Å². The van der Waals surface area contributed by atoms with Crippen molar-refractivity contribution in [3.05, 3.63) is 0 Å². The first-order chi connectivity index (χ1) is 6.81. The van der Waals surface area contributed by atoms with Gasteiger partial charge in [-0.15, -0.1) is 0 Å². The number of aliphatic hydroxyl groups excluding tert-OH is 1. The topological polar surface area (TPSA) is 58.6 Å². The largest absolute Gasteiger partial charge is 0.389 e. The second-order valence-electron chi connectivity index (χ2n) is 4.56. The van der Waals surface area contributed by atoms with E-state index in [1.807, 2.05) is 20.8 Å². The fourth-order valence-electron chi connectivity index (χ4n) is 0.890. The number of rotatable bonds is 7. The molecule has 0 saturated carbocycles. The predicted octanol–water partition coefficient (Wildman–Crippen LogP) is 0.131. The molecule has 0 amide bonds. The van der Waals surface area contributed by atoms with Gasteiger partial charge in [-0.3, -0.25) is 4.21 Å². The van der Waals surface area contributed by atoms with Crippen LogP contribution in [0.5, 0.6) is 0 Å². The van der Waals surface area contributed by atoms with Crippen LogP contribution in [0.1, 0.15) is 20.8 Å². The molecule has 0 aromatic heterocycles. The summed E-state index contributed by atoms with van der Waals surface area (Å²) in [5, 5.41) is 12.5. The average Bonchev–Trinajstić information content (AvgIpc) is 2.07. The van der Waals surface area contributed by atoms with Gasteiger partial charge in [-0.05, 0) is 20.8 Å². The van der Waals surface area contributed by atoms with Gasteiger partial charge in [0.2, 0.25) is 0 Å². The molecule has 0 aromatic rings. The summed E-state index contributed by atoms with van der Waals surface area (Å²) in [6.45, 7) is 7.32. The maximum Gasteiger partial charge on any atom is 0.0897 e. The summed E-state index contributed by atoms with van der Waals surface area (Å²) < 4.78 is 16.1. The van der Waals surface area contributed by atoms with Crippen molar-refractivity contribution in [1.82, 2.24) is 5.32 Å². The zero-order valence-corrected chi connectivity index (χ0v) is 10.9. The Balaban J connectivity index is 3.41. The highest BCUT2D eigenvalue weighted by Gasteiger charge is 2.13. The minimum Gasteiger partial charge on any atom is -0.389 e. The lowest BCUT2D eigenvalue weighted by atomic mass is 10.2. The van der Waals surface area contributed by atoms with Gasteiger partial charge in [0, 0.05) is 35.9 Å². The predicted molar refractivity (Wildman–Crippen MR) is 63.5 cm³/mol. The first kappa shape index (κ1) is 15.0. The van der Waals surface area contributed by atoms with E-state index >= 15 is 0 Å². The van der Waals surface area contributed by atoms with E-state index in [0.717, 1.165) is 0 Å². The van der Waals surface area contributed by atoms with Crippen LogP contribution in [0.15, 0.2) is 0 Å². The fourth-order valence-corrected chi connectivity index (χ4v) is 1.32. The van der Waals surface area contributed by atoms with E-state index in [1.54, 1.807) is 6.26 Å². The van der Waals surface area contributed by atoms with Gasteiger partial charge in [-0.2, -0.15) is 0 Å². The van der Waals surface area contributed by atoms with E-state index in [9.17, 15) is 9.32 Å². The van der Waals surface area contributed by atoms with Crippen molar-refractivity contribution < 1.29 is 14.1 Å². The van der Waals surface area contributed by atoms with Crippen LogP contribution < -0.4 is 5.32 Å². The molecule has 0 spiro atoms. The average molecular weight is 237 g/mol. The van der Waals surface area contributed by atoms with Crippen molar-refractivity contribution in [2.75, 3.05) is 31.7 Å². The van der Waals surface area contributed by atoms with Crippen LogP contribution in [0.25, 0.3) is 0 Å². The molecular weight excluding hydrogens is 214 g/mol. The van der Waals surface area contributed by atoms with Gasteiger partial charge in [0.15, 0.2) is 0 Å². The Morgan fingerprint density at radius 3 is 2.53 bits per heavy atom. The van der Waals surface area contributed by atoms with Crippen molar-refractivity contribution in [1.29, 1.82) is 0 Å². The molecule has 4 nitrogen and oxygen atoms in total. The molecule has 0 rings (SSSR count). The van der Waals surface area contributed by atoms with Crippen LogP contribution in [-0.4, -0.2) is 52.7 Å². The Morgan fingerprint density at radius 2 is 2.07 bits per heavy atom. The molecule has 92 valence electrons. The second-order valence-corrected chi connectivity index (χ2v) is 6.11.